The Morgan fingerprint density at radius 1 is 1.31 bits per heavy atom. The SMILES string of the molecule is NCC1CN(c2cc(Cl)cc(Cl)c2)CCO1. The lowest BCUT2D eigenvalue weighted by Gasteiger charge is -2.34. The molecule has 3 nitrogen and oxygen atoms in total. The van der Waals surface area contributed by atoms with E-state index >= 15 is 0 Å². The van der Waals surface area contributed by atoms with Gasteiger partial charge in [0.2, 0.25) is 0 Å². The fourth-order valence-corrected chi connectivity index (χ4v) is 2.33. The average molecular weight is 261 g/mol. The standard InChI is InChI=1S/C11H14Cl2N2O/c12-8-3-9(13)5-10(4-8)15-1-2-16-11(6-14)7-15/h3-5,11H,1-2,6-7,14H2. The molecule has 2 rings (SSSR count). The lowest BCUT2D eigenvalue weighted by molar-refractivity contribution is 0.0466. The predicted molar refractivity (Wildman–Crippen MR) is 67.5 cm³/mol. The van der Waals surface area contributed by atoms with Crippen molar-refractivity contribution in [1.82, 2.24) is 0 Å². The molecule has 1 aromatic rings. The molecule has 0 aromatic heterocycles. The average Bonchev–Trinajstić information content (AvgIpc) is 2.28. The maximum Gasteiger partial charge on any atom is 0.0872 e. The molecular formula is C11H14Cl2N2O. The van der Waals surface area contributed by atoms with Crippen LogP contribution in [0.1, 0.15) is 0 Å². The van der Waals surface area contributed by atoms with Crippen LogP contribution in [-0.2, 0) is 4.74 Å². The highest BCUT2D eigenvalue weighted by Gasteiger charge is 2.19. The molecule has 16 heavy (non-hydrogen) atoms. The van der Waals surface area contributed by atoms with Crippen molar-refractivity contribution in [2.45, 2.75) is 6.10 Å². The number of anilines is 1. The fourth-order valence-electron chi connectivity index (χ4n) is 1.82. The quantitative estimate of drug-likeness (QED) is 0.886. The third-order valence-corrected chi connectivity index (χ3v) is 3.05. The molecule has 5 heteroatoms. The first-order chi connectivity index (χ1) is 7.69. The van der Waals surface area contributed by atoms with E-state index in [1.54, 1.807) is 6.07 Å². The van der Waals surface area contributed by atoms with Crippen LogP contribution >= 0.6 is 23.2 Å². The first-order valence-electron chi connectivity index (χ1n) is 5.22. The summed E-state index contributed by atoms with van der Waals surface area (Å²) in [7, 11) is 0. The molecule has 1 fully saturated rings. The third-order valence-electron chi connectivity index (χ3n) is 2.61. The van der Waals surface area contributed by atoms with Gasteiger partial charge < -0.3 is 15.4 Å². The van der Waals surface area contributed by atoms with Gasteiger partial charge in [-0.2, -0.15) is 0 Å². The molecule has 1 saturated heterocycles. The molecule has 1 aliphatic heterocycles. The maximum absolute atomic E-state index is 5.97. The summed E-state index contributed by atoms with van der Waals surface area (Å²) in [6.07, 6.45) is 0.0894. The van der Waals surface area contributed by atoms with Crippen molar-refractivity contribution in [3.63, 3.8) is 0 Å². The van der Waals surface area contributed by atoms with Gasteiger partial charge in [-0.15, -0.1) is 0 Å². The van der Waals surface area contributed by atoms with E-state index in [9.17, 15) is 0 Å². The number of morpholine rings is 1. The van der Waals surface area contributed by atoms with Gasteiger partial charge in [0.15, 0.2) is 0 Å². The van der Waals surface area contributed by atoms with Crippen LogP contribution in [0.4, 0.5) is 5.69 Å². The number of benzene rings is 1. The van der Waals surface area contributed by atoms with E-state index in [4.69, 9.17) is 33.7 Å². The zero-order chi connectivity index (χ0) is 11.5. The van der Waals surface area contributed by atoms with Gasteiger partial charge in [-0.3, -0.25) is 0 Å². The van der Waals surface area contributed by atoms with Crippen LogP contribution < -0.4 is 10.6 Å². The van der Waals surface area contributed by atoms with Crippen LogP contribution in [0.25, 0.3) is 0 Å². The summed E-state index contributed by atoms with van der Waals surface area (Å²) in [5.41, 5.74) is 6.63. The minimum Gasteiger partial charge on any atom is -0.373 e. The van der Waals surface area contributed by atoms with E-state index in [2.05, 4.69) is 4.90 Å². The molecule has 0 aliphatic carbocycles. The largest absolute Gasteiger partial charge is 0.373 e. The van der Waals surface area contributed by atoms with Crippen LogP contribution in [0.5, 0.6) is 0 Å². The molecule has 1 aliphatic rings. The van der Waals surface area contributed by atoms with Gasteiger partial charge in [-0.25, -0.2) is 0 Å². The Kier molecular flexibility index (Phi) is 3.92. The molecular weight excluding hydrogens is 247 g/mol. The van der Waals surface area contributed by atoms with Gasteiger partial charge in [0.25, 0.3) is 0 Å². The van der Waals surface area contributed by atoms with Crippen molar-refractivity contribution in [1.29, 1.82) is 0 Å². The zero-order valence-corrected chi connectivity index (χ0v) is 10.3. The molecule has 0 amide bonds. The van der Waals surface area contributed by atoms with Gasteiger partial charge in [-0.05, 0) is 18.2 Å². The van der Waals surface area contributed by atoms with Crippen molar-refractivity contribution in [2.24, 2.45) is 5.73 Å². The van der Waals surface area contributed by atoms with Gasteiger partial charge >= 0.3 is 0 Å². The molecule has 1 aromatic carbocycles. The second-order valence-electron chi connectivity index (χ2n) is 3.80. The summed E-state index contributed by atoms with van der Waals surface area (Å²) in [6.45, 7) is 2.84. The highest BCUT2D eigenvalue weighted by molar-refractivity contribution is 6.35. The molecule has 0 spiro atoms. The molecule has 0 bridgehead atoms. The van der Waals surface area contributed by atoms with Crippen molar-refractivity contribution >= 4 is 28.9 Å². The van der Waals surface area contributed by atoms with Crippen LogP contribution in [0.15, 0.2) is 18.2 Å². The summed E-state index contributed by atoms with van der Waals surface area (Å²) in [5.74, 6) is 0. The summed E-state index contributed by atoms with van der Waals surface area (Å²) in [4.78, 5) is 2.19. The number of halogens is 2. The maximum atomic E-state index is 5.97. The highest BCUT2D eigenvalue weighted by atomic mass is 35.5. The van der Waals surface area contributed by atoms with E-state index in [0.29, 0.717) is 23.2 Å². The molecule has 1 atom stereocenters. The Morgan fingerprint density at radius 2 is 2.00 bits per heavy atom. The normalized spacial score (nSPS) is 21.2. The summed E-state index contributed by atoms with van der Waals surface area (Å²) < 4.78 is 5.51. The van der Waals surface area contributed by atoms with E-state index < -0.39 is 0 Å². The Hall–Kier alpha value is -0.480. The first kappa shape index (κ1) is 12.0. The van der Waals surface area contributed by atoms with Crippen LogP contribution in [0.3, 0.4) is 0 Å². The lowest BCUT2D eigenvalue weighted by atomic mass is 10.2. The molecule has 1 unspecified atom stereocenters. The molecule has 88 valence electrons. The van der Waals surface area contributed by atoms with E-state index in [1.165, 1.54) is 0 Å². The van der Waals surface area contributed by atoms with Crippen molar-refractivity contribution in [2.75, 3.05) is 31.1 Å². The van der Waals surface area contributed by atoms with Crippen LogP contribution in [0, 0.1) is 0 Å². The minimum absolute atomic E-state index is 0.0894. The van der Waals surface area contributed by atoms with Crippen LogP contribution in [-0.4, -0.2) is 32.3 Å². The van der Waals surface area contributed by atoms with Crippen molar-refractivity contribution in [3.05, 3.63) is 28.2 Å². The Bertz CT molecular complexity index is 353. The summed E-state index contributed by atoms with van der Waals surface area (Å²) in [6, 6.07) is 5.55. The lowest BCUT2D eigenvalue weighted by Crippen LogP contribution is -2.45. The second-order valence-corrected chi connectivity index (χ2v) is 4.68. The number of hydrogen-bond donors (Lipinski definition) is 1. The van der Waals surface area contributed by atoms with Gasteiger partial charge in [0, 0.05) is 35.4 Å². The number of nitrogens with zero attached hydrogens (tertiary/aromatic N) is 1. The smallest absolute Gasteiger partial charge is 0.0872 e. The van der Waals surface area contributed by atoms with Crippen molar-refractivity contribution in [3.8, 4) is 0 Å². The summed E-state index contributed by atoms with van der Waals surface area (Å²) >= 11 is 11.9. The summed E-state index contributed by atoms with van der Waals surface area (Å²) in [5, 5.41) is 1.30. The van der Waals surface area contributed by atoms with E-state index in [0.717, 1.165) is 18.8 Å². The molecule has 0 saturated carbocycles. The number of hydrogen-bond acceptors (Lipinski definition) is 3. The molecule has 2 N–H and O–H groups in total. The van der Waals surface area contributed by atoms with Gasteiger partial charge in [0.05, 0.1) is 12.7 Å². The fraction of sp³-hybridized carbons (Fsp3) is 0.455. The molecule has 1 heterocycles. The van der Waals surface area contributed by atoms with E-state index in [1.807, 2.05) is 12.1 Å². The Morgan fingerprint density at radius 3 is 2.62 bits per heavy atom. The second kappa shape index (κ2) is 5.23. The first-order valence-corrected chi connectivity index (χ1v) is 5.97. The number of rotatable bonds is 2. The minimum atomic E-state index is 0.0894. The monoisotopic (exact) mass is 260 g/mol. The van der Waals surface area contributed by atoms with Gasteiger partial charge in [0.1, 0.15) is 0 Å². The van der Waals surface area contributed by atoms with Gasteiger partial charge in [-0.1, -0.05) is 23.2 Å². The highest BCUT2D eigenvalue weighted by Crippen LogP contribution is 2.26. The van der Waals surface area contributed by atoms with E-state index in [-0.39, 0.29) is 6.10 Å². The third kappa shape index (κ3) is 2.80. The number of nitrogens with two attached hydrogens (primary N) is 1. The van der Waals surface area contributed by atoms with Crippen molar-refractivity contribution < 1.29 is 4.74 Å². The zero-order valence-electron chi connectivity index (χ0n) is 8.83. The molecule has 0 radical (unpaired) electrons. The topological polar surface area (TPSA) is 38.5 Å². The predicted octanol–water partition coefficient (Wildman–Crippen LogP) is 2.16. The Labute approximate surface area is 105 Å². The van der Waals surface area contributed by atoms with Crippen LogP contribution in [0.2, 0.25) is 10.0 Å². The Balaban J connectivity index is 2.16. The number of ether oxygens (including phenoxy) is 1.